The van der Waals surface area contributed by atoms with Crippen LogP contribution in [0.1, 0.15) is 6.42 Å². The second kappa shape index (κ2) is 7.81. The summed E-state index contributed by atoms with van der Waals surface area (Å²) >= 11 is 6.50. The van der Waals surface area contributed by atoms with Crippen molar-refractivity contribution in [2.24, 2.45) is 0 Å². The lowest BCUT2D eigenvalue weighted by molar-refractivity contribution is 0.0273. The van der Waals surface area contributed by atoms with E-state index >= 15 is 0 Å². The topological polar surface area (TPSA) is 82.2 Å². The average Bonchev–Trinajstić information content (AvgIpc) is 3.51. The van der Waals surface area contributed by atoms with Gasteiger partial charge >= 0.3 is 0 Å². The van der Waals surface area contributed by atoms with Gasteiger partial charge in [0.1, 0.15) is 11.9 Å². The average molecular weight is 453 g/mol. The monoisotopic (exact) mass is 452 g/mol. The summed E-state index contributed by atoms with van der Waals surface area (Å²) in [7, 11) is 0. The van der Waals surface area contributed by atoms with Gasteiger partial charge in [-0.05, 0) is 48.9 Å². The highest BCUT2D eigenvalue weighted by atomic mass is 35.5. The van der Waals surface area contributed by atoms with Crippen molar-refractivity contribution in [3.63, 3.8) is 0 Å². The van der Waals surface area contributed by atoms with Crippen LogP contribution in [0.4, 0.5) is 4.39 Å². The molecule has 0 saturated carbocycles. The molecule has 0 radical (unpaired) electrons. The van der Waals surface area contributed by atoms with E-state index in [4.69, 9.17) is 25.8 Å². The number of nitrogens with zero attached hydrogens (tertiary/aromatic N) is 3. The minimum atomic E-state index is -0.284. The van der Waals surface area contributed by atoms with Gasteiger partial charge in [0.25, 0.3) is 6.01 Å². The Balaban J connectivity index is 1.26. The summed E-state index contributed by atoms with van der Waals surface area (Å²) in [5.41, 5.74) is 4.04. The molecule has 1 N–H and O–H groups in total. The molecule has 0 spiro atoms. The largest absolute Gasteiger partial charge is 0.456 e. The lowest BCUT2D eigenvalue weighted by Crippen LogP contribution is -2.32. The standard InChI is InChI=1S/C23H18ClFN4O3/c24-15-9-17-22(29-23(27-17)32-19-11-31-18-7-8-30-21(18)19)28-20(15)13-3-6-16(26-10-13)12-1-4-14(25)5-2-12/h1-6,9-10,18-19,21H,7-8,11H2,(H,27,28,29)/t18-,19?,21+/m1/s1. The van der Waals surface area contributed by atoms with E-state index < -0.39 is 0 Å². The Morgan fingerprint density at radius 3 is 2.72 bits per heavy atom. The molecule has 4 aromatic rings. The second-order valence-corrected chi connectivity index (χ2v) is 8.23. The number of hydrogen-bond donors (Lipinski definition) is 1. The number of benzene rings is 1. The number of pyridine rings is 2. The van der Waals surface area contributed by atoms with Crippen LogP contribution in [0.25, 0.3) is 33.7 Å². The molecule has 32 heavy (non-hydrogen) atoms. The summed E-state index contributed by atoms with van der Waals surface area (Å²) in [5.74, 6) is -0.284. The molecule has 0 aliphatic carbocycles. The van der Waals surface area contributed by atoms with Crippen molar-refractivity contribution in [1.82, 2.24) is 19.9 Å². The van der Waals surface area contributed by atoms with Crippen molar-refractivity contribution >= 4 is 22.8 Å². The first-order chi connectivity index (χ1) is 15.6. The molecule has 3 atom stereocenters. The molecule has 9 heteroatoms. The molecule has 2 saturated heterocycles. The minimum Gasteiger partial charge on any atom is -0.456 e. The SMILES string of the molecule is Fc1ccc(-c2ccc(-c3nc4nc(OC5CO[C@@H]6CCO[C@H]56)[nH]c4cc3Cl)cn2)cc1. The van der Waals surface area contributed by atoms with Crippen LogP contribution in [-0.4, -0.2) is 51.5 Å². The van der Waals surface area contributed by atoms with Gasteiger partial charge in [0.2, 0.25) is 0 Å². The van der Waals surface area contributed by atoms with E-state index in [-0.39, 0.29) is 24.1 Å². The van der Waals surface area contributed by atoms with Crippen LogP contribution in [0.15, 0.2) is 48.7 Å². The third kappa shape index (κ3) is 3.50. The van der Waals surface area contributed by atoms with Gasteiger partial charge in [-0.25, -0.2) is 9.37 Å². The zero-order chi connectivity index (χ0) is 21.7. The molecule has 2 fully saturated rings. The molecule has 6 rings (SSSR count). The molecule has 2 aliphatic rings. The summed E-state index contributed by atoms with van der Waals surface area (Å²) < 4.78 is 30.6. The van der Waals surface area contributed by atoms with Crippen molar-refractivity contribution in [3.8, 4) is 28.5 Å². The van der Waals surface area contributed by atoms with Gasteiger partial charge in [0.15, 0.2) is 11.8 Å². The number of fused-ring (bicyclic) bond motifs is 2. The van der Waals surface area contributed by atoms with Crippen LogP contribution in [0.5, 0.6) is 6.01 Å². The van der Waals surface area contributed by atoms with Crippen molar-refractivity contribution < 1.29 is 18.6 Å². The fraction of sp³-hybridized carbons (Fsp3) is 0.261. The fourth-order valence-electron chi connectivity index (χ4n) is 4.15. The first-order valence-electron chi connectivity index (χ1n) is 10.3. The van der Waals surface area contributed by atoms with Gasteiger partial charge < -0.3 is 19.2 Å². The van der Waals surface area contributed by atoms with Crippen molar-refractivity contribution in [2.45, 2.75) is 24.7 Å². The normalized spacial score (nSPS) is 22.4. The maximum Gasteiger partial charge on any atom is 0.296 e. The molecular weight excluding hydrogens is 435 g/mol. The molecule has 1 unspecified atom stereocenters. The number of nitrogens with one attached hydrogen (secondary N) is 1. The number of halogens is 2. The van der Waals surface area contributed by atoms with Crippen molar-refractivity contribution in [3.05, 3.63) is 59.5 Å². The summed E-state index contributed by atoms with van der Waals surface area (Å²) in [6, 6.07) is 12.0. The number of aromatic nitrogens is 4. The van der Waals surface area contributed by atoms with E-state index in [1.807, 2.05) is 12.1 Å². The third-order valence-corrected chi connectivity index (χ3v) is 6.05. The van der Waals surface area contributed by atoms with E-state index in [9.17, 15) is 4.39 Å². The van der Waals surface area contributed by atoms with E-state index in [1.54, 1.807) is 24.4 Å². The van der Waals surface area contributed by atoms with Gasteiger partial charge in [-0.3, -0.25) is 4.98 Å². The second-order valence-electron chi connectivity index (χ2n) is 7.82. The van der Waals surface area contributed by atoms with Gasteiger partial charge in [-0.2, -0.15) is 4.98 Å². The maximum absolute atomic E-state index is 13.2. The Bertz CT molecular complexity index is 1280. The highest BCUT2D eigenvalue weighted by Crippen LogP contribution is 2.32. The lowest BCUT2D eigenvalue weighted by atomic mass is 10.1. The lowest BCUT2D eigenvalue weighted by Gasteiger charge is -2.15. The maximum atomic E-state index is 13.2. The number of ether oxygens (including phenoxy) is 3. The van der Waals surface area contributed by atoms with Crippen molar-refractivity contribution in [1.29, 1.82) is 0 Å². The number of hydrogen-bond acceptors (Lipinski definition) is 6. The van der Waals surface area contributed by atoms with Gasteiger partial charge in [0.05, 0.1) is 34.6 Å². The Hall–Kier alpha value is -3.07. The van der Waals surface area contributed by atoms with Crippen LogP contribution >= 0.6 is 11.6 Å². The molecular formula is C23H18ClFN4O3. The summed E-state index contributed by atoms with van der Waals surface area (Å²) in [4.78, 5) is 16.7. The van der Waals surface area contributed by atoms with Gasteiger partial charge in [-0.1, -0.05) is 11.6 Å². The summed E-state index contributed by atoms with van der Waals surface area (Å²) in [5, 5.41) is 0.465. The molecule has 7 nitrogen and oxygen atoms in total. The predicted molar refractivity (Wildman–Crippen MR) is 116 cm³/mol. The molecule has 1 aromatic carbocycles. The first kappa shape index (κ1) is 19.6. The van der Waals surface area contributed by atoms with E-state index in [1.165, 1.54) is 12.1 Å². The first-order valence-corrected chi connectivity index (χ1v) is 10.7. The number of rotatable bonds is 4. The van der Waals surface area contributed by atoms with E-state index in [2.05, 4.69) is 19.9 Å². The smallest absolute Gasteiger partial charge is 0.296 e. The number of H-pyrrole nitrogens is 1. The van der Waals surface area contributed by atoms with E-state index in [0.717, 1.165) is 23.2 Å². The predicted octanol–water partition coefficient (Wildman–Crippen LogP) is 4.41. The van der Waals surface area contributed by atoms with Gasteiger partial charge in [0, 0.05) is 23.9 Å². The molecule has 162 valence electrons. The van der Waals surface area contributed by atoms with Crippen LogP contribution in [-0.2, 0) is 9.47 Å². The van der Waals surface area contributed by atoms with E-state index in [0.29, 0.717) is 41.1 Å². The molecule has 0 bridgehead atoms. The Morgan fingerprint density at radius 2 is 1.91 bits per heavy atom. The number of imidazole rings is 1. The Kier molecular flexibility index (Phi) is 4.78. The number of aromatic amines is 1. The Labute approximate surface area is 187 Å². The molecule has 5 heterocycles. The van der Waals surface area contributed by atoms with Crippen LogP contribution < -0.4 is 4.74 Å². The molecule has 0 amide bonds. The van der Waals surface area contributed by atoms with Crippen LogP contribution in [0.2, 0.25) is 5.02 Å². The minimum absolute atomic E-state index is 0.0685. The van der Waals surface area contributed by atoms with Gasteiger partial charge in [-0.15, -0.1) is 0 Å². The fourth-order valence-corrected chi connectivity index (χ4v) is 4.41. The summed E-state index contributed by atoms with van der Waals surface area (Å²) in [6.07, 6.45) is 2.39. The highest BCUT2D eigenvalue weighted by Gasteiger charge is 2.43. The zero-order valence-corrected chi connectivity index (χ0v) is 17.6. The highest BCUT2D eigenvalue weighted by molar-refractivity contribution is 6.33. The van der Waals surface area contributed by atoms with Crippen molar-refractivity contribution in [2.75, 3.05) is 13.2 Å². The Morgan fingerprint density at radius 1 is 1.06 bits per heavy atom. The zero-order valence-electron chi connectivity index (χ0n) is 16.8. The summed E-state index contributed by atoms with van der Waals surface area (Å²) in [6.45, 7) is 1.15. The molecule has 3 aromatic heterocycles. The van der Waals surface area contributed by atoms with Crippen LogP contribution in [0, 0.1) is 5.82 Å². The third-order valence-electron chi connectivity index (χ3n) is 5.76. The quantitative estimate of drug-likeness (QED) is 0.493. The van der Waals surface area contributed by atoms with Crippen LogP contribution in [0.3, 0.4) is 0 Å². The molecule has 2 aliphatic heterocycles.